The van der Waals surface area contributed by atoms with Gasteiger partial charge in [-0.25, -0.2) is 4.79 Å². The average molecular weight is 362 g/mol. The highest BCUT2D eigenvalue weighted by atomic mass is 16.5. The molecule has 2 unspecified atom stereocenters. The number of carbonyl (C=O) groups is 2. The minimum Gasteiger partial charge on any atom is -0.468 e. The van der Waals surface area contributed by atoms with Gasteiger partial charge in [0.2, 0.25) is 5.91 Å². The molecule has 0 aliphatic carbocycles. The Kier molecular flexibility index (Phi) is 6.72. The minimum absolute atomic E-state index is 0.0289. The first-order valence-electron chi connectivity index (χ1n) is 9.94. The Morgan fingerprint density at radius 1 is 1.15 bits per heavy atom. The van der Waals surface area contributed by atoms with Crippen LogP contribution in [0, 0.1) is 0 Å². The molecule has 2 fully saturated rings. The first-order valence-corrected chi connectivity index (χ1v) is 9.94. The number of ether oxygens (including phenoxy) is 1. The largest absolute Gasteiger partial charge is 0.468 e. The number of carbonyl (C=O) groups excluding carboxylic acids is 2. The van der Waals surface area contributed by atoms with E-state index in [4.69, 9.17) is 9.15 Å². The fourth-order valence-corrected chi connectivity index (χ4v) is 4.14. The van der Waals surface area contributed by atoms with E-state index in [-0.39, 0.29) is 17.9 Å². The molecule has 0 N–H and O–H groups in total. The highest BCUT2D eigenvalue weighted by Crippen LogP contribution is 2.30. The van der Waals surface area contributed by atoms with Gasteiger partial charge in [0.15, 0.2) is 0 Å². The fourth-order valence-electron chi connectivity index (χ4n) is 4.14. The molecular weight excluding hydrogens is 332 g/mol. The van der Waals surface area contributed by atoms with Crippen molar-refractivity contribution in [2.75, 3.05) is 26.2 Å². The number of nitrogens with zero attached hydrogens (tertiary/aromatic N) is 2. The lowest BCUT2D eigenvalue weighted by Gasteiger charge is -2.36. The molecular formula is C20H30N2O4. The van der Waals surface area contributed by atoms with E-state index in [1.807, 2.05) is 12.1 Å². The van der Waals surface area contributed by atoms with Gasteiger partial charge in [-0.15, -0.1) is 0 Å². The summed E-state index contributed by atoms with van der Waals surface area (Å²) in [6.07, 6.45) is 8.72. The van der Waals surface area contributed by atoms with E-state index in [0.717, 1.165) is 44.4 Å². The van der Waals surface area contributed by atoms with E-state index < -0.39 is 6.04 Å². The van der Waals surface area contributed by atoms with E-state index in [2.05, 4.69) is 4.90 Å². The van der Waals surface area contributed by atoms with Gasteiger partial charge in [-0.05, 0) is 57.7 Å². The van der Waals surface area contributed by atoms with Crippen LogP contribution < -0.4 is 0 Å². The Labute approximate surface area is 155 Å². The van der Waals surface area contributed by atoms with Crippen LogP contribution in [0.3, 0.4) is 0 Å². The monoisotopic (exact) mass is 362 g/mol. The number of rotatable bonds is 5. The van der Waals surface area contributed by atoms with Crippen LogP contribution in [0.25, 0.3) is 0 Å². The summed E-state index contributed by atoms with van der Waals surface area (Å²) in [5.74, 6) is 0.695. The van der Waals surface area contributed by atoms with Crippen LogP contribution in [0.5, 0.6) is 0 Å². The van der Waals surface area contributed by atoms with Crippen molar-refractivity contribution in [3.05, 3.63) is 24.2 Å². The summed E-state index contributed by atoms with van der Waals surface area (Å²) in [4.78, 5) is 29.3. The molecule has 3 rings (SSSR count). The Morgan fingerprint density at radius 2 is 1.96 bits per heavy atom. The summed E-state index contributed by atoms with van der Waals surface area (Å²) >= 11 is 0. The van der Waals surface area contributed by atoms with Gasteiger partial charge in [-0.3, -0.25) is 9.69 Å². The Balaban J connectivity index is 1.70. The van der Waals surface area contributed by atoms with Crippen molar-refractivity contribution in [1.29, 1.82) is 0 Å². The third kappa shape index (κ3) is 4.47. The first-order chi connectivity index (χ1) is 12.7. The number of amides is 1. The first kappa shape index (κ1) is 19.0. The Morgan fingerprint density at radius 3 is 2.73 bits per heavy atom. The van der Waals surface area contributed by atoms with Crippen molar-refractivity contribution in [2.24, 2.45) is 0 Å². The second kappa shape index (κ2) is 9.21. The number of likely N-dealkylation sites (tertiary alicyclic amines) is 2. The maximum atomic E-state index is 13.1. The molecule has 1 aromatic rings. The molecule has 26 heavy (non-hydrogen) atoms. The average Bonchev–Trinajstić information content (AvgIpc) is 3.09. The molecule has 0 spiro atoms. The van der Waals surface area contributed by atoms with Crippen LogP contribution in [-0.4, -0.2) is 54.0 Å². The lowest BCUT2D eigenvalue weighted by atomic mass is 10.0. The van der Waals surface area contributed by atoms with Crippen molar-refractivity contribution < 1.29 is 18.7 Å². The normalized spacial score (nSPS) is 24.9. The SMILES string of the molecule is CCOC(=O)C1CCCCN1C(=O)CN1CCCCCC1c1ccco1. The summed E-state index contributed by atoms with van der Waals surface area (Å²) in [6, 6.07) is 3.62. The maximum Gasteiger partial charge on any atom is 0.328 e. The Hall–Kier alpha value is -1.82. The highest BCUT2D eigenvalue weighted by Gasteiger charge is 2.35. The van der Waals surface area contributed by atoms with Crippen molar-refractivity contribution in [1.82, 2.24) is 9.80 Å². The zero-order valence-corrected chi connectivity index (χ0v) is 15.7. The van der Waals surface area contributed by atoms with Crippen molar-refractivity contribution in [3.8, 4) is 0 Å². The number of furan rings is 1. The molecule has 0 bridgehead atoms. The molecule has 0 saturated carbocycles. The van der Waals surface area contributed by atoms with Crippen LogP contribution in [0.15, 0.2) is 22.8 Å². The summed E-state index contributed by atoms with van der Waals surface area (Å²) in [5, 5.41) is 0. The van der Waals surface area contributed by atoms with E-state index >= 15 is 0 Å². The zero-order valence-electron chi connectivity index (χ0n) is 15.7. The second-order valence-electron chi connectivity index (χ2n) is 7.20. The van der Waals surface area contributed by atoms with Gasteiger partial charge in [-0.2, -0.15) is 0 Å². The number of esters is 1. The third-order valence-corrected chi connectivity index (χ3v) is 5.46. The molecule has 3 heterocycles. The van der Waals surface area contributed by atoms with E-state index in [1.165, 1.54) is 6.42 Å². The molecule has 2 atom stereocenters. The smallest absolute Gasteiger partial charge is 0.328 e. The van der Waals surface area contributed by atoms with Gasteiger partial charge in [0.1, 0.15) is 11.8 Å². The molecule has 2 saturated heterocycles. The van der Waals surface area contributed by atoms with Gasteiger partial charge in [0.25, 0.3) is 0 Å². The van der Waals surface area contributed by atoms with Crippen molar-refractivity contribution in [3.63, 3.8) is 0 Å². The summed E-state index contributed by atoms with van der Waals surface area (Å²) in [6.45, 7) is 4.01. The molecule has 6 heteroatoms. The molecule has 2 aliphatic heterocycles. The number of hydrogen-bond acceptors (Lipinski definition) is 5. The van der Waals surface area contributed by atoms with Crippen molar-refractivity contribution in [2.45, 2.75) is 64.0 Å². The topological polar surface area (TPSA) is 63.0 Å². The van der Waals surface area contributed by atoms with E-state index in [9.17, 15) is 9.59 Å². The maximum absolute atomic E-state index is 13.1. The highest BCUT2D eigenvalue weighted by molar-refractivity contribution is 5.85. The van der Waals surface area contributed by atoms with E-state index in [0.29, 0.717) is 26.1 Å². The van der Waals surface area contributed by atoms with Crippen LogP contribution in [-0.2, 0) is 14.3 Å². The van der Waals surface area contributed by atoms with Gasteiger partial charge in [-0.1, -0.05) is 12.8 Å². The van der Waals surface area contributed by atoms with Crippen LogP contribution in [0.1, 0.15) is 63.7 Å². The van der Waals surface area contributed by atoms with Crippen LogP contribution in [0.4, 0.5) is 0 Å². The van der Waals surface area contributed by atoms with Crippen LogP contribution >= 0.6 is 0 Å². The lowest BCUT2D eigenvalue weighted by molar-refractivity contribution is -0.157. The van der Waals surface area contributed by atoms with Crippen LogP contribution in [0.2, 0.25) is 0 Å². The number of hydrogen-bond donors (Lipinski definition) is 0. The summed E-state index contributed by atoms with van der Waals surface area (Å²) < 4.78 is 10.8. The van der Waals surface area contributed by atoms with Gasteiger partial charge >= 0.3 is 5.97 Å². The fraction of sp³-hybridized carbons (Fsp3) is 0.700. The Bertz CT molecular complexity index is 587. The third-order valence-electron chi connectivity index (χ3n) is 5.46. The summed E-state index contributed by atoms with van der Waals surface area (Å²) in [5.41, 5.74) is 0. The van der Waals surface area contributed by atoms with Gasteiger partial charge in [0.05, 0.1) is 25.5 Å². The molecule has 0 aromatic carbocycles. The molecule has 6 nitrogen and oxygen atoms in total. The molecule has 1 aromatic heterocycles. The van der Waals surface area contributed by atoms with E-state index in [1.54, 1.807) is 18.1 Å². The standard InChI is InChI=1S/C20H30N2O4/c1-2-25-20(24)17-10-5-7-13-22(17)19(23)15-21-12-6-3-4-9-16(21)18-11-8-14-26-18/h8,11,14,16-17H,2-7,9-10,12-13,15H2,1H3. The van der Waals surface area contributed by atoms with Gasteiger partial charge in [0, 0.05) is 6.54 Å². The predicted octanol–water partition coefficient (Wildman–Crippen LogP) is 3.14. The van der Waals surface area contributed by atoms with Crippen molar-refractivity contribution >= 4 is 11.9 Å². The molecule has 0 radical (unpaired) electrons. The van der Waals surface area contributed by atoms with Gasteiger partial charge < -0.3 is 14.1 Å². The minimum atomic E-state index is -0.426. The zero-order chi connectivity index (χ0) is 18.4. The molecule has 2 aliphatic rings. The predicted molar refractivity (Wildman–Crippen MR) is 97.5 cm³/mol. The second-order valence-corrected chi connectivity index (χ2v) is 7.20. The lowest BCUT2D eigenvalue weighted by Crippen LogP contribution is -2.52. The molecule has 1 amide bonds. The number of piperidine rings is 1. The quantitative estimate of drug-likeness (QED) is 0.753. The molecule has 144 valence electrons. The summed E-state index contributed by atoms with van der Waals surface area (Å²) in [7, 11) is 0.